The van der Waals surface area contributed by atoms with Crippen LogP contribution in [-0.4, -0.2) is 16.0 Å². The first-order valence-corrected chi connectivity index (χ1v) is 7.44. The number of oxazole rings is 1. The molecule has 3 nitrogen and oxygen atoms in total. The molecule has 2 aromatic carbocycles. The highest BCUT2D eigenvalue weighted by atomic mass is 32.2. The quantitative estimate of drug-likeness (QED) is 0.526. The van der Waals surface area contributed by atoms with Gasteiger partial charge < -0.3 is 4.42 Å². The number of Topliss-reactive ketones (excluding diaryl/α,β-unsaturated/α-hetero) is 1. The summed E-state index contributed by atoms with van der Waals surface area (Å²) < 4.78 is 31.6. The minimum Gasteiger partial charge on any atom is -0.431 e. The van der Waals surface area contributed by atoms with E-state index in [1.807, 2.05) is 18.2 Å². The van der Waals surface area contributed by atoms with Crippen LogP contribution in [0.25, 0.3) is 11.1 Å². The molecule has 1 aromatic heterocycles. The molecule has 0 amide bonds. The summed E-state index contributed by atoms with van der Waals surface area (Å²) in [5.74, 6) is -2.33. The maximum absolute atomic E-state index is 13.2. The molecule has 0 fully saturated rings. The maximum Gasteiger partial charge on any atom is 0.257 e. The number of halogens is 2. The fraction of sp³-hybridized carbons (Fsp3) is 0.125. The van der Waals surface area contributed by atoms with Gasteiger partial charge in [0, 0.05) is 5.56 Å². The molecule has 0 aliphatic carbocycles. The Morgan fingerprint density at radius 1 is 1.18 bits per heavy atom. The SMILES string of the molecule is C[C@@H](Sc1nc2ccccc2o1)C(=O)c1ccc(F)c(F)c1. The summed E-state index contributed by atoms with van der Waals surface area (Å²) in [6, 6.07) is 10.4. The van der Waals surface area contributed by atoms with Crippen LogP contribution >= 0.6 is 11.8 Å². The third-order valence-electron chi connectivity index (χ3n) is 3.13. The number of carbonyl (C=O) groups excluding carboxylic acids is 1. The predicted molar refractivity (Wildman–Crippen MR) is 80.0 cm³/mol. The molecule has 0 saturated heterocycles. The van der Waals surface area contributed by atoms with Crippen LogP contribution < -0.4 is 0 Å². The first kappa shape index (κ1) is 14.7. The van der Waals surface area contributed by atoms with E-state index in [0.717, 1.165) is 23.9 Å². The fourth-order valence-electron chi connectivity index (χ4n) is 1.99. The molecule has 112 valence electrons. The maximum atomic E-state index is 13.2. The molecule has 0 bridgehead atoms. The van der Waals surface area contributed by atoms with Crippen molar-refractivity contribution in [1.29, 1.82) is 0 Å². The van der Waals surface area contributed by atoms with E-state index in [4.69, 9.17) is 4.42 Å². The topological polar surface area (TPSA) is 43.1 Å². The second kappa shape index (κ2) is 5.88. The van der Waals surface area contributed by atoms with Gasteiger partial charge in [-0.2, -0.15) is 0 Å². The lowest BCUT2D eigenvalue weighted by Gasteiger charge is -2.07. The van der Waals surface area contributed by atoms with Crippen LogP contribution in [0.3, 0.4) is 0 Å². The number of thioether (sulfide) groups is 1. The average Bonchev–Trinajstić information content (AvgIpc) is 2.91. The van der Waals surface area contributed by atoms with Crippen molar-refractivity contribution in [3.63, 3.8) is 0 Å². The molecule has 0 N–H and O–H groups in total. The molecule has 22 heavy (non-hydrogen) atoms. The van der Waals surface area contributed by atoms with Crippen molar-refractivity contribution in [3.8, 4) is 0 Å². The second-order valence-corrected chi connectivity index (χ2v) is 5.99. The summed E-state index contributed by atoms with van der Waals surface area (Å²) in [7, 11) is 0. The van der Waals surface area contributed by atoms with Crippen molar-refractivity contribution >= 4 is 28.6 Å². The third kappa shape index (κ3) is 2.87. The summed E-state index contributed by atoms with van der Waals surface area (Å²) >= 11 is 1.14. The number of hydrogen-bond donors (Lipinski definition) is 0. The van der Waals surface area contributed by atoms with Gasteiger partial charge in [0.2, 0.25) is 0 Å². The molecule has 0 aliphatic heterocycles. The zero-order valence-corrected chi connectivity index (χ0v) is 12.4. The smallest absolute Gasteiger partial charge is 0.257 e. The number of rotatable bonds is 4. The monoisotopic (exact) mass is 319 g/mol. The van der Waals surface area contributed by atoms with E-state index in [9.17, 15) is 13.6 Å². The van der Waals surface area contributed by atoms with Gasteiger partial charge in [0.25, 0.3) is 5.22 Å². The summed E-state index contributed by atoms with van der Waals surface area (Å²) in [5, 5.41) is -0.164. The van der Waals surface area contributed by atoms with E-state index in [2.05, 4.69) is 4.98 Å². The summed E-state index contributed by atoms with van der Waals surface area (Å²) in [5.41, 5.74) is 1.46. The molecule has 0 aliphatic rings. The molecule has 1 atom stereocenters. The van der Waals surface area contributed by atoms with E-state index in [1.54, 1.807) is 13.0 Å². The van der Waals surface area contributed by atoms with Crippen LogP contribution in [0.1, 0.15) is 17.3 Å². The number of ketones is 1. The molecule has 1 heterocycles. The number of hydrogen-bond acceptors (Lipinski definition) is 4. The first-order chi connectivity index (χ1) is 10.5. The van der Waals surface area contributed by atoms with Crippen LogP contribution in [0.2, 0.25) is 0 Å². The van der Waals surface area contributed by atoms with Gasteiger partial charge in [0.05, 0.1) is 5.25 Å². The molecule has 0 radical (unpaired) electrons. The van der Waals surface area contributed by atoms with Crippen molar-refractivity contribution in [2.75, 3.05) is 0 Å². The van der Waals surface area contributed by atoms with Gasteiger partial charge in [-0.05, 0) is 37.3 Å². The van der Waals surface area contributed by atoms with Crippen LogP contribution in [0, 0.1) is 11.6 Å². The van der Waals surface area contributed by atoms with Gasteiger partial charge in [-0.15, -0.1) is 0 Å². The zero-order valence-electron chi connectivity index (χ0n) is 11.5. The second-order valence-electron chi connectivity index (χ2n) is 4.70. The first-order valence-electron chi connectivity index (χ1n) is 6.56. The Hall–Kier alpha value is -2.21. The lowest BCUT2D eigenvalue weighted by atomic mass is 10.1. The Kier molecular flexibility index (Phi) is 3.94. The number of carbonyl (C=O) groups is 1. The number of aromatic nitrogens is 1. The van der Waals surface area contributed by atoms with Crippen LogP contribution in [0.4, 0.5) is 8.78 Å². The van der Waals surface area contributed by atoms with Gasteiger partial charge >= 0.3 is 0 Å². The molecule has 3 aromatic rings. The van der Waals surface area contributed by atoms with Gasteiger partial charge in [0.1, 0.15) is 5.52 Å². The molecule has 0 saturated carbocycles. The Labute approximate surface area is 129 Å². The van der Waals surface area contributed by atoms with E-state index in [-0.39, 0.29) is 11.3 Å². The standard InChI is InChI=1S/C16H11F2NO2S/c1-9(15(20)10-6-7-11(17)12(18)8-10)22-16-19-13-4-2-3-5-14(13)21-16/h2-9H,1H3/t9-/m1/s1. The Bertz CT molecular complexity index is 814. The lowest BCUT2D eigenvalue weighted by Crippen LogP contribution is -2.14. The van der Waals surface area contributed by atoms with Crippen molar-refractivity contribution in [3.05, 3.63) is 59.7 Å². The average molecular weight is 319 g/mol. The highest BCUT2D eigenvalue weighted by molar-refractivity contribution is 8.00. The van der Waals surface area contributed by atoms with Gasteiger partial charge in [-0.3, -0.25) is 4.79 Å². The summed E-state index contributed by atoms with van der Waals surface area (Å²) in [4.78, 5) is 16.5. The highest BCUT2D eigenvalue weighted by Gasteiger charge is 2.20. The third-order valence-corrected chi connectivity index (χ3v) is 4.07. The van der Waals surface area contributed by atoms with Gasteiger partial charge in [-0.25, -0.2) is 13.8 Å². The van der Waals surface area contributed by atoms with E-state index in [1.165, 1.54) is 6.07 Å². The van der Waals surface area contributed by atoms with Gasteiger partial charge in [-0.1, -0.05) is 23.9 Å². The van der Waals surface area contributed by atoms with Crippen molar-refractivity contribution < 1.29 is 18.0 Å². The van der Waals surface area contributed by atoms with Crippen molar-refractivity contribution in [2.24, 2.45) is 0 Å². The molecule has 0 unspecified atom stereocenters. The molecular formula is C16H11F2NO2S. The Morgan fingerprint density at radius 2 is 1.95 bits per heavy atom. The Morgan fingerprint density at radius 3 is 2.68 bits per heavy atom. The summed E-state index contributed by atoms with van der Waals surface area (Å²) in [6.45, 7) is 1.67. The number of nitrogens with zero attached hydrogens (tertiary/aromatic N) is 1. The number of benzene rings is 2. The normalized spacial score (nSPS) is 12.5. The number of para-hydroxylation sites is 2. The van der Waals surface area contributed by atoms with Crippen molar-refractivity contribution in [2.45, 2.75) is 17.4 Å². The van der Waals surface area contributed by atoms with Crippen molar-refractivity contribution in [1.82, 2.24) is 4.98 Å². The molecule has 3 rings (SSSR count). The Balaban J connectivity index is 1.79. The summed E-state index contributed by atoms with van der Waals surface area (Å²) in [6.07, 6.45) is 0. The predicted octanol–water partition coefficient (Wildman–Crippen LogP) is 4.47. The minimum absolute atomic E-state index is 0.120. The largest absolute Gasteiger partial charge is 0.431 e. The highest BCUT2D eigenvalue weighted by Crippen LogP contribution is 2.28. The minimum atomic E-state index is -1.04. The van der Waals surface area contributed by atoms with E-state index in [0.29, 0.717) is 16.3 Å². The van der Waals surface area contributed by atoms with Crippen LogP contribution in [0.5, 0.6) is 0 Å². The molecule has 6 heteroatoms. The number of fused-ring (bicyclic) bond motifs is 1. The van der Waals surface area contributed by atoms with E-state index < -0.39 is 16.9 Å². The van der Waals surface area contributed by atoms with E-state index >= 15 is 0 Å². The lowest BCUT2D eigenvalue weighted by molar-refractivity contribution is 0.0993. The molecule has 0 spiro atoms. The zero-order chi connectivity index (χ0) is 15.7. The van der Waals surface area contributed by atoms with Crippen LogP contribution in [0.15, 0.2) is 52.1 Å². The fourth-order valence-corrected chi connectivity index (χ4v) is 2.82. The van der Waals surface area contributed by atoms with Crippen LogP contribution in [-0.2, 0) is 0 Å². The van der Waals surface area contributed by atoms with Gasteiger partial charge in [0.15, 0.2) is 23.0 Å². The molecular weight excluding hydrogens is 308 g/mol.